The SMILES string of the molecule is Cc1nc(C(=O)NC(C)CCCC(C)C)n[nH]1. The van der Waals surface area contributed by atoms with Gasteiger partial charge in [0.15, 0.2) is 0 Å². The average molecular weight is 238 g/mol. The highest BCUT2D eigenvalue weighted by atomic mass is 16.2. The normalized spacial score (nSPS) is 12.8. The van der Waals surface area contributed by atoms with Gasteiger partial charge in [0.25, 0.3) is 5.91 Å². The Bertz CT molecular complexity index is 359. The first-order chi connectivity index (χ1) is 7.99. The number of carbonyl (C=O) groups is 1. The van der Waals surface area contributed by atoms with Crippen molar-refractivity contribution in [1.29, 1.82) is 0 Å². The maximum Gasteiger partial charge on any atom is 0.291 e. The molecule has 2 N–H and O–H groups in total. The number of aryl methyl sites for hydroxylation is 1. The molecule has 1 aromatic heterocycles. The zero-order valence-electron chi connectivity index (χ0n) is 11.1. The van der Waals surface area contributed by atoms with Crippen LogP contribution in [0.3, 0.4) is 0 Å². The van der Waals surface area contributed by atoms with E-state index in [0.29, 0.717) is 11.7 Å². The van der Waals surface area contributed by atoms with Crippen molar-refractivity contribution in [2.45, 2.75) is 53.0 Å². The smallest absolute Gasteiger partial charge is 0.291 e. The third-order valence-electron chi connectivity index (χ3n) is 2.60. The fraction of sp³-hybridized carbons (Fsp3) is 0.750. The monoisotopic (exact) mass is 238 g/mol. The van der Waals surface area contributed by atoms with Crippen LogP contribution in [0.25, 0.3) is 0 Å². The molecule has 0 radical (unpaired) electrons. The van der Waals surface area contributed by atoms with Gasteiger partial charge in [0.2, 0.25) is 5.82 Å². The van der Waals surface area contributed by atoms with Crippen LogP contribution in [0.1, 0.15) is 56.5 Å². The van der Waals surface area contributed by atoms with Gasteiger partial charge in [-0.2, -0.15) is 0 Å². The minimum atomic E-state index is -0.202. The standard InChI is InChI=1S/C12H22N4O/c1-8(2)6-5-7-9(3)13-12(17)11-14-10(4)15-16-11/h8-9H,5-7H2,1-4H3,(H,13,17)(H,14,15,16). The topological polar surface area (TPSA) is 70.7 Å². The van der Waals surface area contributed by atoms with E-state index in [9.17, 15) is 4.79 Å². The fourth-order valence-electron chi connectivity index (χ4n) is 1.64. The van der Waals surface area contributed by atoms with Gasteiger partial charge in [-0.05, 0) is 26.2 Å². The van der Waals surface area contributed by atoms with Crippen molar-refractivity contribution in [3.05, 3.63) is 11.6 Å². The minimum absolute atomic E-state index is 0.167. The Kier molecular flexibility index (Phi) is 5.12. The molecule has 0 aliphatic carbocycles. The number of hydrogen-bond acceptors (Lipinski definition) is 3. The van der Waals surface area contributed by atoms with Crippen molar-refractivity contribution in [2.24, 2.45) is 5.92 Å². The summed E-state index contributed by atoms with van der Waals surface area (Å²) >= 11 is 0. The molecule has 5 nitrogen and oxygen atoms in total. The van der Waals surface area contributed by atoms with E-state index in [2.05, 4.69) is 34.3 Å². The van der Waals surface area contributed by atoms with E-state index < -0.39 is 0 Å². The first-order valence-electron chi connectivity index (χ1n) is 6.19. The molecule has 1 rings (SSSR count). The molecule has 0 aliphatic rings. The molecule has 0 aliphatic heterocycles. The van der Waals surface area contributed by atoms with E-state index in [1.54, 1.807) is 6.92 Å². The van der Waals surface area contributed by atoms with Gasteiger partial charge in [0, 0.05) is 6.04 Å². The number of rotatable bonds is 6. The van der Waals surface area contributed by atoms with Gasteiger partial charge in [0.05, 0.1) is 0 Å². The molecular weight excluding hydrogens is 216 g/mol. The van der Waals surface area contributed by atoms with Crippen LogP contribution in [0.2, 0.25) is 0 Å². The maximum absolute atomic E-state index is 11.7. The predicted molar refractivity (Wildman–Crippen MR) is 66.7 cm³/mol. The van der Waals surface area contributed by atoms with Crippen LogP contribution < -0.4 is 5.32 Å². The number of hydrogen-bond donors (Lipinski definition) is 2. The van der Waals surface area contributed by atoms with Gasteiger partial charge in [-0.3, -0.25) is 9.89 Å². The van der Waals surface area contributed by atoms with E-state index in [0.717, 1.165) is 12.8 Å². The largest absolute Gasteiger partial charge is 0.347 e. The zero-order chi connectivity index (χ0) is 12.8. The lowest BCUT2D eigenvalue weighted by atomic mass is 10.0. The van der Waals surface area contributed by atoms with Crippen molar-refractivity contribution in [3.63, 3.8) is 0 Å². The molecule has 17 heavy (non-hydrogen) atoms. The van der Waals surface area contributed by atoms with E-state index >= 15 is 0 Å². The zero-order valence-corrected chi connectivity index (χ0v) is 11.1. The van der Waals surface area contributed by atoms with Crippen LogP contribution in [-0.2, 0) is 0 Å². The van der Waals surface area contributed by atoms with Crippen molar-refractivity contribution in [1.82, 2.24) is 20.5 Å². The molecule has 0 aromatic carbocycles. The molecule has 5 heteroatoms. The molecular formula is C12H22N4O. The molecule has 1 heterocycles. The molecule has 96 valence electrons. The summed E-state index contributed by atoms with van der Waals surface area (Å²) in [6, 6.07) is 0.167. The lowest BCUT2D eigenvalue weighted by molar-refractivity contribution is 0.0927. The Hall–Kier alpha value is -1.39. The lowest BCUT2D eigenvalue weighted by Gasteiger charge is -2.13. The van der Waals surface area contributed by atoms with Gasteiger partial charge >= 0.3 is 0 Å². The molecule has 0 fully saturated rings. The van der Waals surface area contributed by atoms with E-state index in [1.165, 1.54) is 6.42 Å². The summed E-state index contributed by atoms with van der Waals surface area (Å²) in [4.78, 5) is 15.7. The highest BCUT2D eigenvalue weighted by Crippen LogP contribution is 2.08. The van der Waals surface area contributed by atoms with Crippen LogP contribution in [0.5, 0.6) is 0 Å². The molecule has 1 unspecified atom stereocenters. The Morgan fingerprint density at radius 1 is 1.35 bits per heavy atom. The van der Waals surface area contributed by atoms with Crippen molar-refractivity contribution >= 4 is 5.91 Å². The number of aromatic amines is 1. The number of nitrogens with one attached hydrogen (secondary N) is 2. The number of aromatic nitrogens is 3. The molecule has 1 amide bonds. The summed E-state index contributed by atoms with van der Waals surface area (Å²) < 4.78 is 0. The second-order valence-electron chi connectivity index (χ2n) is 4.94. The third-order valence-corrected chi connectivity index (χ3v) is 2.60. The van der Waals surface area contributed by atoms with Crippen molar-refractivity contribution in [2.75, 3.05) is 0 Å². The van der Waals surface area contributed by atoms with Gasteiger partial charge in [-0.1, -0.05) is 26.7 Å². The molecule has 0 spiro atoms. The second kappa shape index (κ2) is 6.37. The van der Waals surface area contributed by atoms with Crippen LogP contribution in [0.15, 0.2) is 0 Å². The van der Waals surface area contributed by atoms with Crippen LogP contribution in [0, 0.1) is 12.8 Å². The molecule has 1 aromatic rings. The van der Waals surface area contributed by atoms with Crippen molar-refractivity contribution in [3.8, 4) is 0 Å². The first-order valence-corrected chi connectivity index (χ1v) is 6.19. The quantitative estimate of drug-likeness (QED) is 0.797. The summed E-state index contributed by atoms with van der Waals surface area (Å²) in [5, 5.41) is 9.39. The van der Waals surface area contributed by atoms with Gasteiger partial charge < -0.3 is 5.32 Å². The Morgan fingerprint density at radius 3 is 2.59 bits per heavy atom. The van der Waals surface area contributed by atoms with Crippen LogP contribution in [0.4, 0.5) is 0 Å². The van der Waals surface area contributed by atoms with Gasteiger partial charge in [-0.15, -0.1) is 5.10 Å². The Labute approximate surface area is 102 Å². The maximum atomic E-state index is 11.7. The van der Waals surface area contributed by atoms with Gasteiger partial charge in [-0.25, -0.2) is 4.98 Å². The summed E-state index contributed by atoms with van der Waals surface area (Å²) in [5.74, 6) is 1.39. The summed E-state index contributed by atoms with van der Waals surface area (Å²) in [6.45, 7) is 8.20. The van der Waals surface area contributed by atoms with Crippen LogP contribution >= 0.6 is 0 Å². The first kappa shape index (κ1) is 13.7. The summed E-state index contributed by atoms with van der Waals surface area (Å²) in [7, 11) is 0. The Balaban J connectivity index is 2.31. The third kappa shape index (κ3) is 4.97. The number of H-pyrrole nitrogens is 1. The summed E-state index contributed by atoms with van der Waals surface area (Å²) in [5.41, 5.74) is 0. The highest BCUT2D eigenvalue weighted by Gasteiger charge is 2.13. The summed E-state index contributed by atoms with van der Waals surface area (Å²) in [6.07, 6.45) is 3.32. The lowest BCUT2D eigenvalue weighted by Crippen LogP contribution is -2.33. The second-order valence-corrected chi connectivity index (χ2v) is 4.94. The highest BCUT2D eigenvalue weighted by molar-refractivity contribution is 5.90. The molecule has 0 bridgehead atoms. The average Bonchev–Trinajstić information content (AvgIpc) is 2.64. The number of amides is 1. The molecule has 1 atom stereocenters. The fourth-order valence-corrected chi connectivity index (χ4v) is 1.64. The van der Waals surface area contributed by atoms with Crippen LogP contribution in [-0.4, -0.2) is 27.1 Å². The predicted octanol–water partition coefficient (Wildman–Crippen LogP) is 2.06. The number of nitrogens with zero attached hydrogens (tertiary/aromatic N) is 2. The minimum Gasteiger partial charge on any atom is -0.347 e. The molecule has 0 saturated heterocycles. The molecule has 0 saturated carbocycles. The van der Waals surface area contributed by atoms with E-state index in [-0.39, 0.29) is 17.8 Å². The van der Waals surface area contributed by atoms with Crippen molar-refractivity contribution < 1.29 is 4.79 Å². The van der Waals surface area contributed by atoms with E-state index in [1.807, 2.05) is 6.92 Å². The number of carbonyl (C=O) groups excluding carboxylic acids is 1. The van der Waals surface area contributed by atoms with Gasteiger partial charge in [0.1, 0.15) is 5.82 Å². The van der Waals surface area contributed by atoms with E-state index in [4.69, 9.17) is 0 Å². The Morgan fingerprint density at radius 2 is 2.06 bits per heavy atom.